The van der Waals surface area contributed by atoms with Crippen molar-refractivity contribution in [2.75, 3.05) is 36.9 Å². The Bertz CT molecular complexity index is 1490. The lowest BCUT2D eigenvalue weighted by atomic mass is 9.63. The Labute approximate surface area is 254 Å². The molecule has 0 atom stereocenters. The van der Waals surface area contributed by atoms with Gasteiger partial charge in [-0.15, -0.1) is 0 Å². The van der Waals surface area contributed by atoms with Gasteiger partial charge in [-0.1, -0.05) is 36.9 Å². The zero-order chi connectivity index (χ0) is 30.2. The third-order valence-electron chi connectivity index (χ3n) is 8.02. The van der Waals surface area contributed by atoms with Crippen molar-refractivity contribution in [3.05, 3.63) is 59.7 Å². The predicted molar refractivity (Wildman–Crippen MR) is 163 cm³/mol. The summed E-state index contributed by atoms with van der Waals surface area (Å²) in [5.74, 6) is -0.265. The minimum Gasteiger partial charge on any atom is -0.491 e. The zero-order valence-electron chi connectivity index (χ0n) is 23.9. The number of hydrogen-bond acceptors (Lipinski definition) is 8. The van der Waals surface area contributed by atoms with Crippen LogP contribution in [0.5, 0.6) is 5.75 Å². The molecule has 2 fully saturated rings. The number of amides is 2. The van der Waals surface area contributed by atoms with Crippen LogP contribution in [0, 0.1) is 11.2 Å². The van der Waals surface area contributed by atoms with Gasteiger partial charge in [0, 0.05) is 49.3 Å². The maximum absolute atomic E-state index is 13.7. The summed E-state index contributed by atoms with van der Waals surface area (Å²) in [5, 5.41) is 15.3. The largest absolute Gasteiger partial charge is 0.491 e. The van der Waals surface area contributed by atoms with Crippen molar-refractivity contribution < 1.29 is 23.9 Å². The molecule has 43 heavy (non-hydrogen) atoms. The zero-order valence-corrected chi connectivity index (χ0v) is 24.6. The second kappa shape index (κ2) is 14.1. The van der Waals surface area contributed by atoms with Crippen LogP contribution >= 0.6 is 11.6 Å². The number of rotatable bonds is 14. The van der Waals surface area contributed by atoms with E-state index < -0.39 is 11.7 Å². The summed E-state index contributed by atoms with van der Waals surface area (Å²) >= 11 is 5.96. The Morgan fingerprint density at radius 2 is 1.93 bits per heavy atom. The number of hydrogen-bond donors (Lipinski definition) is 4. The summed E-state index contributed by atoms with van der Waals surface area (Å²) in [6.07, 6.45) is 12.1. The van der Waals surface area contributed by atoms with Gasteiger partial charge in [0.1, 0.15) is 23.7 Å². The van der Waals surface area contributed by atoms with Gasteiger partial charge in [-0.05, 0) is 55.4 Å². The van der Waals surface area contributed by atoms with Crippen LogP contribution in [-0.4, -0.2) is 58.1 Å². The van der Waals surface area contributed by atoms with Crippen molar-refractivity contribution in [1.82, 2.24) is 20.3 Å². The fourth-order valence-electron chi connectivity index (χ4n) is 5.60. The number of carbonyl (C=O) groups excluding carboxylic acids is 2. The summed E-state index contributed by atoms with van der Waals surface area (Å²) < 4.78 is 19.8. The maximum atomic E-state index is 13.7. The molecule has 2 heterocycles. The van der Waals surface area contributed by atoms with Crippen LogP contribution in [0.1, 0.15) is 51.4 Å². The summed E-state index contributed by atoms with van der Waals surface area (Å²) in [6, 6.07) is 7.81. The second-order valence-corrected chi connectivity index (χ2v) is 11.7. The highest BCUT2D eigenvalue weighted by Crippen LogP contribution is 2.47. The second-order valence-electron chi connectivity index (χ2n) is 11.3. The molecular formula is C31H36ClFN6O4. The summed E-state index contributed by atoms with van der Waals surface area (Å²) in [5.41, 5.74) is 3.78. The fourth-order valence-corrected chi connectivity index (χ4v) is 5.78. The van der Waals surface area contributed by atoms with E-state index in [0.29, 0.717) is 52.3 Å². The highest BCUT2D eigenvalue weighted by atomic mass is 35.5. The summed E-state index contributed by atoms with van der Waals surface area (Å²) in [6.45, 7) is 3.34. The van der Waals surface area contributed by atoms with E-state index in [2.05, 4.69) is 25.5 Å². The van der Waals surface area contributed by atoms with E-state index >= 15 is 0 Å². The summed E-state index contributed by atoms with van der Waals surface area (Å²) in [7, 11) is 0. The molecule has 1 aromatic heterocycles. The first kappa shape index (κ1) is 30.7. The lowest BCUT2D eigenvalue weighted by Gasteiger charge is -2.56. The van der Waals surface area contributed by atoms with Crippen LogP contribution in [0.3, 0.4) is 0 Å². The molecule has 1 saturated carbocycles. The van der Waals surface area contributed by atoms with Gasteiger partial charge >= 0.3 is 0 Å². The van der Waals surface area contributed by atoms with Crippen molar-refractivity contribution in [2.24, 2.45) is 5.41 Å². The SMILES string of the molecule is O=C(/C=C/CN1CC2(CCC2)C1)Nc1cc2c(Nc3ccc(F)c(Cl)c3)ncnc2cc1OCCCCCCC(=O)NO. The first-order valence-corrected chi connectivity index (χ1v) is 15.0. The van der Waals surface area contributed by atoms with Gasteiger partial charge in [-0.3, -0.25) is 19.7 Å². The van der Waals surface area contributed by atoms with Crippen LogP contribution in [0.25, 0.3) is 10.9 Å². The Kier molecular flexibility index (Phi) is 10.1. The van der Waals surface area contributed by atoms with E-state index in [-0.39, 0.29) is 17.4 Å². The van der Waals surface area contributed by atoms with Crippen molar-refractivity contribution in [1.29, 1.82) is 0 Å². The van der Waals surface area contributed by atoms with E-state index in [0.717, 1.165) is 38.9 Å². The third-order valence-corrected chi connectivity index (χ3v) is 8.31. The van der Waals surface area contributed by atoms with E-state index in [4.69, 9.17) is 21.5 Å². The molecule has 2 aromatic carbocycles. The Balaban J connectivity index is 1.27. The average Bonchev–Trinajstić information content (AvgIpc) is 2.95. The molecule has 10 nitrogen and oxygen atoms in total. The molecular weight excluding hydrogens is 575 g/mol. The van der Waals surface area contributed by atoms with Gasteiger partial charge in [-0.25, -0.2) is 19.8 Å². The molecule has 0 radical (unpaired) electrons. The number of unbranched alkanes of at least 4 members (excludes halogenated alkanes) is 3. The van der Waals surface area contributed by atoms with Gasteiger partial charge in [0.15, 0.2) is 0 Å². The molecule has 1 saturated heterocycles. The van der Waals surface area contributed by atoms with E-state index in [1.807, 2.05) is 6.08 Å². The number of aromatic nitrogens is 2. The van der Waals surface area contributed by atoms with Gasteiger partial charge < -0.3 is 15.4 Å². The number of anilines is 3. The normalized spacial score (nSPS) is 15.7. The number of nitrogens with one attached hydrogen (secondary N) is 3. The number of likely N-dealkylation sites (tertiary alicyclic amines) is 1. The van der Waals surface area contributed by atoms with Crippen LogP contribution in [0.15, 0.2) is 48.8 Å². The molecule has 0 unspecified atom stereocenters. The topological polar surface area (TPSA) is 129 Å². The molecule has 2 amide bonds. The molecule has 228 valence electrons. The number of nitrogens with zero attached hydrogens (tertiary/aromatic N) is 3. The monoisotopic (exact) mass is 610 g/mol. The van der Waals surface area contributed by atoms with Crippen molar-refractivity contribution in [3.63, 3.8) is 0 Å². The van der Waals surface area contributed by atoms with Gasteiger partial charge in [0.05, 0.1) is 22.8 Å². The van der Waals surface area contributed by atoms with Crippen LogP contribution in [-0.2, 0) is 9.59 Å². The molecule has 5 rings (SSSR count). The molecule has 12 heteroatoms. The highest BCUT2D eigenvalue weighted by molar-refractivity contribution is 6.31. The molecule has 1 spiro atoms. The Morgan fingerprint density at radius 1 is 1.12 bits per heavy atom. The van der Waals surface area contributed by atoms with Crippen LogP contribution in [0.4, 0.5) is 21.6 Å². The third kappa shape index (κ3) is 7.98. The van der Waals surface area contributed by atoms with Crippen molar-refractivity contribution in [3.8, 4) is 5.75 Å². The first-order chi connectivity index (χ1) is 20.8. The van der Waals surface area contributed by atoms with Gasteiger partial charge in [0.2, 0.25) is 11.8 Å². The number of halogens is 2. The molecule has 3 aromatic rings. The van der Waals surface area contributed by atoms with E-state index in [9.17, 15) is 14.0 Å². The predicted octanol–water partition coefficient (Wildman–Crippen LogP) is 5.98. The Morgan fingerprint density at radius 3 is 2.67 bits per heavy atom. The lowest BCUT2D eigenvalue weighted by Crippen LogP contribution is -2.59. The molecule has 1 aliphatic heterocycles. The number of fused-ring (bicyclic) bond motifs is 1. The van der Waals surface area contributed by atoms with Crippen molar-refractivity contribution >= 4 is 51.5 Å². The Hall–Kier alpha value is -3.80. The minimum atomic E-state index is -0.521. The number of benzene rings is 2. The quantitative estimate of drug-likeness (QED) is 0.0759. The average molecular weight is 611 g/mol. The van der Waals surface area contributed by atoms with Gasteiger partial charge in [-0.2, -0.15) is 0 Å². The fraction of sp³-hybridized carbons (Fsp3) is 0.419. The smallest absolute Gasteiger partial charge is 0.248 e. The number of hydroxylamine groups is 1. The molecule has 2 aliphatic rings. The lowest BCUT2D eigenvalue weighted by molar-refractivity contribution is -0.129. The van der Waals surface area contributed by atoms with E-state index in [1.54, 1.807) is 29.8 Å². The molecule has 4 N–H and O–H groups in total. The van der Waals surface area contributed by atoms with Crippen molar-refractivity contribution in [2.45, 2.75) is 51.4 Å². The maximum Gasteiger partial charge on any atom is 0.248 e. The molecule has 1 aliphatic carbocycles. The van der Waals surface area contributed by atoms with Gasteiger partial charge in [0.25, 0.3) is 0 Å². The summed E-state index contributed by atoms with van der Waals surface area (Å²) in [4.78, 5) is 35.2. The van der Waals surface area contributed by atoms with Crippen LogP contribution < -0.4 is 20.9 Å². The standard InChI is InChI=1S/C31H36ClFN6O4/c32-23-15-21(9-10-24(23)33)36-30-22-16-26(37-28(40)8-5-13-39-18-31(19-39)11-6-12-31)27(17-25(22)34-20-35-30)43-14-4-2-1-3-7-29(41)38-42/h5,8-10,15-17,20,42H,1-4,6-7,11-14,18-19H2,(H,37,40)(H,38,41)(H,34,35,36)/b8-5+. The van der Waals surface area contributed by atoms with Crippen LogP contribution in [0.2, 0.25) is 5.02 Å². The number of carbonyl (C=O) groups is 2. The van der Waals surface area contributed by atoms with E-state index in [1.165, 1.54) is 37.7 Å². The molecule has 0 bridgehead atoms. The highest BCUT2D eigenvalue weighted by Gasteiger charge is 2.46. The minimum absolute atomic E-state index is 0.0171. The number of ether oxygens (including phenoxy) is 1. The first-order valence-electron chi connectivity index (χ1n) is 14.6.